The second kappa shape index (κ2) is 6.37. The topological polar surface area (TPSA) is 38.3 Å². The van der Waals surface area contributed by atoms with Crippen molar-refractivity contribution in [2.24, 2.45) is 0 Å². The van der Waals surface area contributed by atoms with Crippen molar-refractivity contribution < 1.29 is 22.7 Å². The first-order chi connectivity index (χ1) is 8.36. The monoisotopic (exact) mass is 373 g/mol. The average Bonchev–Trinajstić information content (AvgIpc) is 2.28. The van der Waals surface area contributed by atoms with Gasteiger partial charge < -0.3 is 10.1 Å². The van der Waals surface area contributed by atoms with Gasteiger partial charge in [0.05, 0.1) is 17.7 Å². The van der Waals surface area contributed by atoms with Gasteiger partial charge in [-0.15, -0.1) is 0 Å². The molecule has 3 nitrogen and oxygen atoms in total. The second-order valence-electron chi connectivity index (χ2n) is 3.44. The van der Waals surface area contributed by atoms with Crippen molar-refractivity contribution in [3.05, 3.63) is 32.9 Å². The predicted molar refractivity (Wildman–Crippen MR) is 68.4 cm³/mol. The van der Waals surface area contributed by atoms with Gasteiger partial charge in [-0.3, -0.25) is 4.79 Å². The van der Waals surface area contributed by atoms with Crippen LogP contribution in [0.5, 0.6) is 0 Å². The van der Waals surface area contributed by atoms with E-state index in [0.717, 1.165) is 12.1 Å². The summed E-state index contributed by atoms with van der Waals surface area (Å²) in [5.41, 5.74) is -0.818. The summed E-state index contributed by atoms with van der Waals surface area (Å²) in [6, 6.07) is 3.08. The number of benzene rings is 1. The molecule has 18 heavy (non-hydrogen) atoms. The van der Waals surface area contributed by atoms with Gasteiger partial charge in [0.15, 0.2) is 0 Å². The van der Waals surface area contributed by atoms with Gasteiger partial charge in [0.2, 0.25) is 0 Å². The fourth-order valence-corrected chi connectivity index (χ4v) is 1.82. The molecule has 0 aliphatic rings. The van der Waals surface area contributed by atoms with E-state index in [1.807, 2.05) is 22.6 Å². The Morgan fingerprint density at radius 1 is 1.44 bits per heavy atom. The van der Waals surface area contributed by atoms with Crippen molar-refractivity contribution in [1.82, 2.24) is 5.32 Å². The molecule has 0 saturated heterocycles. The van der Waals surface area contributed by atoms with Gasteiger partial charge in [-0.05, 0) is 40.8 Å². The molecule has 0 atom stereocenters. The third-order valence-electron chi connectivity index (χ3n) is 2.13. The van der Waals surface area contributed by atoms with E-state index in [9.17, 15) is 18.0 Å². The molecule has 7 heteroatoms. The molecule has 0 saturated carbocycles. The van der Waals surface area contributed by atoms with Crippen molar-refractivity contribution in [2.75, 3.05) is 20.3 Å². The van der Waals surface area contributed by atoms with Crippen LogP contribution in [0.25, 0.3) is 0 Å². The van der Waals surface area contributed by atoms with Crippen molar-refractivity contribution in [1.29, 1.82) is 0 Å². The smallest absolute Gasteiger partial charge is 0.383 e. The quantitative estimate of drug-likeness (QED) is 0.651. The number of hydrogen-bond donors (Lipinski definition) is 1. The number of alkyl halides is 3. The highest BCUT2D eigenvalue weighted by Gasteiger charge is 2.31. The van der Waals surface area contributed by atoms with E-state index in [4.69, 9.17) is 4.74 Å². The molecule has 0 radical (unpaired) electrons. The maximum Gasteiger partial charge on any atom is 0.416 e. The number of halogens is 4. The molecule has 1 N–H and O–H groups in total. The Hall–Kier alpha value is -0.830. The standard InChI is InChI=1S/C11H11F3INO2/c1-18-5-4-16-10(17)8-6-7(11(12,13)14)2-3-9(8)15/h2-3,6H,4-5H2,1H3,(H,16,17). The minimum atomic E-state index is -4.45. The summed E-state index contributed by atoms with van der Waals surface area (Å²) in [6.07, 6.45) is -4.45. The normalized spacial score (nSPS) is 11.4. The Balaban J connectivity index is 2.90. The lowest BCUT2D eigenvalue weighted by atomic mass is 10.1. The van der Waals surface area contributed by atoms with Gasteiger partial charge in [-0.1, -0.05) is 0 Å². The van der Waals surface area contributed by atoms with Gasteiger partial charge in [-0.2, -0.15) is 13.2 Å². The Bertz CT molecular complexity index is 435. The molecule has 0 bridgehead atoms. The minimum absolute atomic E-state index is 0.0153. The van der Waals surface area contributed by atoms with Crippen LogP contribution >= 0.6 is 22.6 Å². The van der Waals surface area contributed by atoms with Crippen molar-refractivity contribution in [3.8, 4) is 0 Å². The maximum atomic E-state index is 12.5. The number of amides is 1. The first-order valence-corrected chi connectivity index (χ1v) is 6.08. The summed E-state index contributed by atoms with van der Waals surface area (Å²) in [5.74, 6) is -0.539. The van der Waals surface area contributed by atoms with Crippen LogP contribution in [0, 0.1) is 3.57 Å². The van der Waals surface area contributed by atoms with Crippen LogP contribution in [0.4, 0.5) is 13.2 Å². The van der Waals surface area contributed by atoms with E-state index in [0.29, 0.717) is 10.2 Å². The maximum absolute atomic E-state index is 12.5. The molecule has 0 aromatic heterocycles. The van der Waals surface area contributed by atoms with Gasteiger partial charge in [0.1, 0.15) is 0 Å². The molecule has 0 fully saturated rings. The molecule has 0 unspecified atom stereocenters. The summed E-state index contributed by atoms with van der Waals surface area (Å²) in [4.78, 5) is 11.7. The molecule has 0 aliphatic carbocycles. The van der Waals surface area contributed by atoms with Crippen LogP contribution in [-0.2, 0) is 10.9 Å². The van der Waals surface area contributed by atoms with E-state index in [-0.39, 0.29) is 12.1 Å². The molecule has 0 aliphatic heterocycles. The minimum Gasteiger partial charge on any atom is -0.383 e. The molecule has 1 aromatic carbocycles. The van der Waals surface area contributed by atoms with E-state index >= 15 is 0 Å². The second-order valence-corrected chi connectivity index (χ2v) is 4.60. The number of nitrogens with one attached hydrogen (secondary N) is 1. The zero-order valence-corrected chi connectivity index (χ0v) is 11.6. The number of carbonyl (C=O) groups excluding carboxylic acids is 1. The van der Waals surface area contributed by atoms with Crippen LogP contribution in [0.1, 0.15) is 15.9 Å². The first-order valence-electron chi connectivity index (χ1n) is 5.00. The Morgan fingerprint density at radius 3 is 2.67 bits per heavy atom. The third-order valence-corrected chi connectivity index (χ3v) is 3.07. The molecule has 0 spiro atoms. The van der Waals surface area contributed by atoms with Gasteiger partial charge in [-0.25, -0.2) is 0 Å². The molecular formula is C11H11F3INO2. The van der Waals surface area contributed by atoms with Crippen LogP contribution in [0.15, 0.2) is 18.2 Å². The first kappa shape index (κ1) is 15.2. The van der Waals surface area contributed by atoms with E-state index in [1.165, 1.54) is 13.2 Å². The summed E-state index contributed by atoms with van der Waals surface area (Å²) in [6.45, 7) is 0.558. The Kier molecular flexibility index (Phi) is 5.39. The molecular weight excluding hydrogens is 362 g/mol. The molecule has 1 aromatic rings. The fraction of sp³-hybridized carbons (Fsp3) is 0.364. The highest BCUT2D eigenvalue weighted by Crippen LogP contribution is 2.30. The van der Waals surface area contributed by atoms with E-state index in [2.05, 4.69) is 5.32 Å². The third kappa shape index (κ3) is 4.13. The lowest BCUT2D eigenvalue weighted by Crippen LogP contribution is -2.28. The summed E-state index contributed by atoms with van der Waals surface area (Å²) >= 11 is 1.82. The largest absolute Gasteiger partial charge is 0.416 e. The van der Waals surface area contributed by atoms with Gasteiger partial charge in [0.25, 0.3) is 5.91 Å². The lowest BCUT2D eigenvalue weighted by molar-refractivity contribution is -0.137. The van der Waals surface area contributed by atoms with E-state index < -0.39 is 17.6 Å². The summed E-state index contributed by atoms with van der Waals surface area (Å²) in [7, 11) is 1.47. The van der Waals surface area contributed by atoms with Crippen molar-refractivity contribution >= 4 is 28.5 Å². The zero-order chi connectivity index (χ0) is 13.8. The van der Waals surface area contributed by atoms with Crippen LogP contribution in [0.3, 0.4) is 0 Å². The highest BCUT2D eigenvalue weighted by atomic mass is 127. The molecule has 1 rings (SSSR count). The highest BCUT2D eigenvalue weighted by molar-refractivity contribution is 14.1. The zero-order valence-electron chi connectivity index (χ0n) is 9.47. The number of hydrogen-bond acceptors (Lipinski definition) is 2. The van der Waals surface area contributed by atoms with Gasteiger partial charge in [0, 0.05) is 17.2 Å². The summed E-state index contributed by atoms with van der Waals surface area (Å²) in [5, 5.41) is 2.48. The van der Waals surface area contributed by atoms with Crippen molar-refractivity contribution in [3.63, 3.8) is 0 Å². The fourth-order valence-electron chi connectivity index (χ4n) is 1.24. The molecule has 100 valence electrons. The van der Waals surface area contributed by atoms with Gasteiger partial charge >= 0.3 is 6.18 Å². The van der Waals surface area contributed by atoms with Crippen molar-refractivity contribution in [2.45, 2.75) is 6.18 Å². The molecule has 1 amide bonds. The SMILES string of the molecule is COCCNC(=O)c1cc(C(F)(F)F)ccc1I. The van der Waals surface area contributed by atoms with Crippen LogP contribution < -0.4 is 5.32 Å². The predicted octanol–water partition coefficient (Wildman–Crippen LogP) is 2.69. The van der Waals surface area contributed by atoms with Crippen LogP contribution in [0.2, 0.25) is 0 Å². The average molecular weight is 373 g/mol. The summed E-state index contributed by atoms with van der Waals surface area (Å²) < 4.78 is 42.8. The number of methoxy groups -OCH3 is 1. The lowest BCUT2D eigenvalue weighted by Gasteiger charge is -2.10. The Morgan fingerprint density at radius 2 is 2.11 bits per heavy atom. The number of rotatable bonds is 4. The van der Waals surface area contributed by atoms with E-state index in [1.54, 1.807) is 0 Å². The Labute approximate surface area is 116 Å². The number of carbonyl (C=O) groups is 1. The number of ether oxygens (including phenoxy) is 1. The van der Waals surface area contributed by atoms with Crippen LogP contribution in [-0.4, -0.2) is 26.2 Å². The molecule has 0 heterocycles.